The lowest BCUT2D eigenvalue weighted by Gasteiger charge is -2.25. The molecule has 23 heavy (non-hydrogen) atoms. The van der Waals surface area contributed by atoms with Gasteiger partial charge in [0.15, 0.2) is 16.6 Å². The zero-order valence-electron chi connectivity index (χ0n) is 12.4. The predicted octanol–water partition coefficient (Wildman–Crippen LogP) is 3.38. The number of anilines is 1. The Hall–Kier alpha value is -2.60. The minimum atomic E-state index is -0.682. The molecule has 5 nitrogen and oxygen atoms in total. The van der Waals surface area contributed by atoms with Gasteiger partial charge in [0, 0.05) is 0 Å². The van der Waals surface area contributed by atoms with Gasteiger partial charge in [0.25, 0.3) is 5.91 Å². The van der Waals surface area contributed by atoms with Crippen LogP contribution in [-0.4, -0.2) is 23.6 Å². The molecule has 1 amide bonds. The molecule has 0 fully saturated rings. The summed E-state index contributed by atoms with van der Waals surface area (Å²) in [5.41, 5.74) is 2.04. The molecule has 0 unspecified atom stereocenters. The van der Waals surface area contributed by atoms with Crippen molar-refractivity contribution in [3.05, 3.63) is 48.0 Å². The van der Waals surface area contributed by atoms with Crippen molar-refractivity contribution >= 4 is 32.6 Å². The molecule has 0 radical (unpaired) electrons. The molecule has 1 aliphatic rings. The van der Waals surface area contributed by atoms with E-state index in [1.165, 1.54) is 16.9 Å². The number of hydrogen-bond acceptors (Lipinski definition) is 5. The molecular weight excluding hydrogens is 312 g/mol. The van der Waals surface area contributed by atoms with Crippen LogP contribution in [0.1, 0.15) is 5.56 Å². The molecule has 1 aliphatic heterocycles. The number of carbonyl (C=O) groups excluding carboxylic acids is 1. The number of rotatable bonds is 2. The van der Waals surface area contributed by atoms with Crippen molar-refractivity contribution < 1.29 is 14.3 Å². The standard InChI is InChI=1S/C17H14N2O3S/c1-10-6-7-11-15(8-10)23-17(18-11)19-16(20)14-9-21-12-4-2-3-5-13(12)22-14/h2-8,14H,9H2,1H3,(H,18,19,20)/t14-/m0/s1. The van der Waals surface area contributed by atoms with E-state index in [-0.39, 0.29) is 12.5 Å². The number of amides is 1. The molecule has 0 spiro atoms. The van der Waals surface area contributed by atoms with E-state index in [1.807, 2.05) is 37.3 Å². The van der Waals surface area contributed by atoms with Crippen LogP contribution in [0, 0.1) is 6.92 Å². The van der Waals surface area contributed by atoms with Crippen molar-refractivity contribution in [1.82, 2.24) is 4.98 Å². The molecule has 0 saturated heterocycles. The van der Waals surface area contributed by atoms with E-state index < -0.39 is 6.10 Å². The maximum absolute atomic E-state index is 12.4. The maximum atomic E-state index is 12.4. The van der Waals surface area contributed by atoms with E-state index >= 15 is 0 Å². The first kappa shape index (κ1) is 14.0. The smallest absolute Gasteiger partial charge is 0.270 e. The minimum absolute atomic E-state index is 0.187. The number of ether oxygens (including phenoxy) is 2. The Bertz CT molecular complexity index is 890. The highest BCUT2D eigenvalue weighted by molar-refractivity contribution is 7.22. The fourth-order valence-electron chi connectivity index (χ4n) is 2.42. The Labute approximate surface area is 136 Å². The number of fused-ring (bicyclic) bond motifs is 2. The topological polar surface area (TPSA) is 60.5 Å². The number of thiazole rings is 1. The second-order valence-corrected chi connectivity index (χ2v) is 6.37. The van der Waals surface area contributed by atoms with E-state index in [4.69, 9.17) is 9.47 Å². The molecule has 3 aromatic rings. The zero-order valence-corrected chi connectivity index (χ0v) is 13.2. The summed E-state index contributed by atoms with van der Waals surface area (Å²) in [5.74, 6) is 0.987. The first-order valence-electron chi connectivity index (χ1n) is 7.25. The monoisotopic (exact) mass is 326 g/mol. The van der Waals surface area contributed by atoms with E-state index in [0.717, 1.165) is 10.2 Å². The van der Waals surface area contributed by atoms with Crippen LogP contribution in [0.5, 0.6) is 11.5 Å². The predicted molar refractivity (Wildman–Crippen MR) is 89.3 cm³/mol. The number of nitrogens with zero attached hydrogens (tertiary/aromatic N) is 1. The fourth-order valence-corrected chi connectivity index (χ4v) is 3.39. The highest BCUT2D eigenvalue weighted by atomic mass is 32.1. The molecule has 2 heterocycles. The summed E-state index contributed by atoms with van der Waals surface area (Å²) < 4.78 is 12.3. The lowest BCUT2D eigenvalue weighted by Crippen LogP contribution is -2.40. The largest absolute Gasteiger partial charge is 0.485 e. The van der Waals surface area contributed by atoms with Crippen LogP contribution in [0.4, 0.5) is 5.13 Å². The summed E-state index contributed by atoms with van der Waals surface area (Å²) in [6.07, 6.45) is -0.682. The Balaban J connectivity index is 1.51. The van der Waals surface area contributed by atoms with Crippen molar-refractivity contribution in [2.24, 2.45) is 0 Å². The number of hydrogen-bond donors (Lipinski definition) is 1. The van der Waals surface area contributed by atoms with E-state index in [0.29, 0.717) is 16.6 Å². The van der Waals surface area contributed by atoms with Crippen molar-refractivity contribution in [2.45, 2.75) is 13.0 Å². The SMILES string of the molecule is Cc1ccc2nc(NC(=O)[C@@H]3COc4ccccc4O3)sc2c1. The summed E-state index contributed by atoms with van der Waals surface area (Å²) in [5, 5.41) is 3.38. The number of aryl methyl sites for hydroxylation is 1. The second kappa shape index (κ2) is 5.55. The quantitative estimate of drug-likeness (QED) is 0.784. The number of para-hydroxylation sites is 2. The Morgan fingerprint density at radius 1 is 1.26 bits per heavy atom. The minimum Gasteiger partial charge on any atom is -0.485 e. The second-order valence-electron chi connectivity index (χ2n) is 5.34. The van der Waals surface area contributed by atoms with Gasteiger partial charge in [0.2, 0.25) is 6.10 Å². The van der Waals surface area contributed by atoms with Crippen LogP contribution in [0.25, 0.3) is 10.2 Å². The summed E-state index contributed by atoms with van der Waals surface area (Å²) in [6, 6.07) is 13.3. The molecule has 116 valence electrons. The summed E-state index contributed by atoms with van der Waals surface area (Å²) in [4.78, 5) is 16.8. The van der Waals surface area contributed by atoms with Crippen LogP contribution in [0.3, 0.4) is 0 Å². The van der Waals surface area contributed by atoms with Crippen molar-refractivity contribution in [3.8, 4) is 11.5 Å². The Morgan fingerprint density at radius 2 is 2.09 bits per heavy atom. The Morgan fingerprint density at radius 3 is 2.96 bits per heavy atom. The average Bonchev–Trinajstić information content (AvgIpc) is 2.95. The molecule has 1 atom stereocenters. The number of aromatic nitrogens is 1. The van der Waals surface area contributed by atoms with Crippen LogP contribution < -0.4 is 14.8 Å². The molecule has 6 heteroatoms. The van der Waals surface area contributed by atoms with Gasteiger partial charge in [0.1, 0.15) is 6.61 Å². The summed E-state index contributed by atoms with van der Waals surface area (Å²) in [6.45, 7) is 2.22. The van der Waals surface area contributed by atoms with Gasteiger partial charge >= 0.3 is 0 Å². The molecular formula is C17H14N2O3S. The highest BCUT2D eigenvalue weighted by Gasteiger charge is 2.27. The summed E-state index contributed by atoms with van der Waals surface area (Å²) >= 11 is 1.45. The zero-order chi connectivity index (χ0) is 15.8. The third kappa shape index (κ3) is 2.73. The Kier molecular flexibility index (Phi) is 3.38. The van der Waals surface area contributed by atoms with Gasteiger partial charge in [-0.05, 0) is 36.8 Å². The van der Waals surface area contributed by atoms with Crippen LogP contribution in [0.2, 0.25) is 0 Å². The van der Waals surface area contributed by atoms with E-state index in [9.17, 15) is 4.79 Å². The van der Waals surface area contributed by atoms with Gasteiger partial charge in [-0.2, -0.15) is 0 Å². The normalized spacial score (nSPS) is 16.3. The van der Waals surface area contributed by atoms with Crippen LogP contribution >= 0.6 is 11.3 Å². The highest BCUT2D eigenvalue weighted by Crippen LogP contribution is 2.32. The first-order chi connectivity index (χ1) is 11.2. The third-order valence-corrected chi connectivity index (χ3v) is 4.51. The van der Waals surface area contributed by atoms with Gasteiger partial charge in [-0.1, -0.05) is 29.5 Å². The van der Waals surface area contributed by atoms with Crippen LogP contribution in [-0.2, 0) is 4.79 Å². The lowest BCUT2D eigenvalue weighted by molar-refractivity contribution is -0.125. The van der Waals surface area contributed by atoms with Crippen molar-refractivity contribution in [3.63, 3.8) is 0 Å². The van der Waals surface area contributed by atoms with Gasteiger partial charge in [0.05, 0.1) is 10.2 Å². The average molecular weight is 326 g/mol. The molecule has 0 saturated carbocycles. The van der Waals surface area contributed by atoms with Crippen molar-refractivity contribution in [2.75, 3.05) is 11.9 Å². The number of benzene rings is 2. The summed E-state index contributed by atoms with van der Waals surface area (Å²) in [7, 11) is 0. The van der Waals surface area contributed by atoms with Gasteiger partial charge in [-0.15, -0.1) is 0 Å². The number of carbonyl (C=O) groups is 1. The number of nitrogens with one attached hydrogen (secondary N) is 1. The fraction of sp³-hybridized carbons (Fsp3) is 0.176. The van der Waals surface area contributed by atoms with Gasteiger partial charge in [-0.3, -0.25) is 10.1 Å². The molecule has 4 rings (SSSR count). The maximum Gasteiger partial charge on any atom is 0.270 e. The molecule has 0 aliphatic carbocycles. The third-order valence-electron chi connectivity index (χ3n) is 3.58. The van der Waals surface area contributed by atoms with Crippen molar-refractivity contribution in [1.29, 1.82) is 0 Å². The molecule has 1 aromatic heterocycles. The van der Waals surface area contributed by atoms with Gasteiger partial charge < -0.3 is 9.47 Å². The first-order valence-corrected chi connectivity index (χ1v) is 8.07. The molecule has 0 bridgehead atoms. The molecule has 1 N–H and O–H groups in total. The van der Waals surface area contributed by atoms with E-state index in [1.54, 1.807) is 6.07 Å². The van der Waals surface area contributed by atoms with Gasteiger partial charge in [-0.25, -0.2) is 4.98 Å². The lowest BCUT2D eigenvalue weighted by atomic mass is 10.2. The van der Waals surface area contributed by atoms with E-state index in [2.05, 4.69) is 16.4 Å². The molecule has 2 aromatic carbocycles. The van der Waals surface area contributed by atoms with Crippen LogP contribution in [0.15, 0.2) is 42.5 Å².